The summed E-state index contributed by atoms with van der Waals surface area (Å²) in [4.78, 5) is 17.2. The maximum Gasteiger partial charge on any atom is 0.267 e. The summed E-state index contributed by atoms with van der Waals surface area (Å²) in [7, 11) is 3.96. The number of hydrogen-bond donors (Lipinski definition) is 0. The first-order valence-electron chi connectivity index (χ1n) is 9.87. The Bertz CT molecular complexity index is 1170. The number of carbonyl (C=O) groups excluding carboxylic acids is 1. The molecule has 2 aromatic carbocycles. The monoisotopic (exact) mass is 448 g/mol. The molecule has 0 aliphatic carbocycles. The average Bonchev–Trinajstić information content (AvgIpc) is 3.40. The molecule has 4 rings (SSSR count). The summed E-state index contributed by atoms with van der Waals surface area (Å²) < 4.78 is 18.5. The van der Waals surface area contributed by atoms with Crippen LogP contribution in [0.15, 0.2) is 86.5 Å². The van der Waals surface area contributed by atoms with E-state index in [2.05, 4.69) is 10.2 Å². The molecule has 1 aliphatic heterocycles. The van der Waals surface area contributed by atoms with E-state index in [1.807, 2.05) is 49.3 Å². The van der Waals surface area contributed by atoms with E-state index in [4.69, 9.17) is 4.42 Å². The number of anilines is 1. The second-order valence-corrected chi connectivity index (χ2v) is 8.26. The summed E-state index contributed by atoms with van der Waals surface area (Å²) in [6.45, 7) is 0.251. The summed E-state index contributed by atoms with van der Waals surface area (Å²) in [5.74, 6) is 0.160. The van der Waals surface area contributed by atoms with E-state index in [9.17, 15) is 9.18 Å². The zero-order valence-corrected chi connectivity index (χ0v) is 18.4. The van der Waals surface area contributed by atoms with Gasteiger partial charge in [0.2, 0.25) is 0 Å². The number of hydrogen-bond acceptors (Lipinski definition) is 6. The molecule has 0 radical (unpaired) electrons. The third-order valence-electron chi connectivity index (χ3n) is 4.71. The fourth-order valence-corrected chi connectivity index (χ4v) is 3.93. The van der Waals surface area contributed by atoms with E-state index in [-0.39, 0.29) is 18.3 Å². The lowest BCUT2D eigenvalue weighted by Gasteiger charge is -2.12. The van der Waals surface area contributed by atoms with Crippen molar-refractivity contribution in [3.8, 4) is 0 Å². The molecule has 32 heavy (non-hydrogen) atoms. The van der Waals surface area contributed by atoms with E-state index >= 15 is 0 Å². The molecule has 0 unspecified atom stereocenters. The first-order chi connectivity index (χ1) is 15.5. The van der Waals surface area contributed by atoms with Crippen LogP contribution in [0.2, 0.25) is 0 Å². The van der Waals surface area contributed by atoms with Gasteiger partial charge in [-0.3, -0.25) is 9.69 Å². The SMILES string of the molecule is CN(C)c1ccc(/C=C2\S/C(=N\N=C\c3ccc(F)cc3)N(Cc3ccco3)C2=O)cc1. The molecule has 0 bridgehead atoms. The van der Waals surface area contributed by atoms with Gasteiger partial charge in [-0.1, -0.05) is 24.3 Å². The molecule has 3 aromatic rings. The summed E-state index contributed by atoms with van der Waals surface area (Å²) in [5.41, 5.74) is 2.70. The van der Waals surface area contributed by atoms with E-state index in [1.54, 1.807) is 30.5 Å². The van der Waals surface area contributed by atoms with Crippen molar-refractivity contribution in [2.24, 2.45) is 10.2 Å². The lowest BCUT2D eigenvalue weighted by Crippen LogP contribution is -2.28. The summed E-state index contributed by atoms with van der Waals surface area (Å²) in [5, 5.41) is 8.80. The van der Waals surface area contributed by atoms with Gasteiger partial charge in [0.1, 0.15) is 11.6 Å². The van der Waals surface area contributed by atoms with Gasteiger partial charge in [0, 0.05) is 19.8 Å². The van der Waals surface area contributed by atoms with Gasteiger partial charge >= 0.3 is 0 Å². The molecular formula is C24H21FN4O2S. The highest BCUT2D eigenvalue weighted by atomic mass is 32.2. The average molecular weight is 449 g/mol. The van der Waals surface area contributed by atoms with E-state index < -0.39 is 0 Å². The van der Waals surface area contributed by atoms with Crippen molar-refractivity contribution in [1.82, 2.24) is 4.90 Å². The smallest absolute Gasteiger partial charge is 0.267 e. The fraction of sp³-hybridized carbons (Fsp3) is 0.125. The Morgan fingerprint density at radius 1 is 1.06 bits per heavy atom. The standard InChI is InChI=1S/C24H21FN4O2S/c1-28(2)20-11-7-17(8-12-20)14-22-23(30)29(16-21-4-3-13-31-21)24(32-22)27-26-15-18-5-9-19(25)10-6-18/h3-15H,16H2,1-2H3/b22-14-,26-15+,27-24-. The van der Waals surface area contributed by atoms with Crippen molar-refractivity contribution in [1.29, 1.82) is 0 Å². The van der Waals surface area contributed by atoms with Crippen LogP contribution in [-0.4, -0.2) is 36.3 Å². The minimum absolute atomic E-state index is 0.168. The van der Waals surface area contributed by atoms with Crippen molar-refractivity contribution in [3.05, 3.63) is 94.5 Å². The van der Waals surface area contributed by atoms with E-state index in [1.165, 1.54) is 35.0 Å². The number of amidine groups is 1. The number of nitrogens with zero attached hydrogens (tertiary/aromatic N) is 4. The molecular weight excluding hydrogens is 427 g/mol. The normalized spacial score (nSPS) is 16.6. The summed E-state index contributed by atoms with van der Waals surface area (Å²) >= 11 is 1.25. The van der Waals surface area contributed by atoms with Gasteiger partial charge < -0.3 is 9.32 Å². The fourth-order valence-electron chi connectivity index (χ4n) is 2.99. The molecule has 162 valence electrons. The summed E-state index contributed by atoms with van der Waals surface area (Å²) in [6, 6.07) is 17.4. The van der Waals surface area contributed by atoms with Crippen LogP contribution >= 0.6 is 11.8 Å². The predicted molar refractivity (Wildman–Crippen MR) is 127 cm³/mol. The number of carbonyl (C=O) groups is 1. The van der Waals surface area contributed by atoms with Gasteiger partial charge in [0.05, 0.1) is 23.9 Å². The predicted octanol–water partition coefficient (Wildman–Crippen LogP) is 4.99. The van der Waals surface area contributed by atoms with Crippen LogP contribution < -0.4 is 4.90 Å². The number of amides is 1. The van der Waals surface area contributed by atoms with Gasteiger partial charge in [0.15, 0.2) is 5.17 Å². The van der Waals surface area contributed by atoms with Gasteiger partial charge in [0.25, 0.3) is 5.91 Å². The van der Waals surface area contributed by atoms with Crippen molar-refractivity contribution in [3.63, 3.8) is 0 Å². The Labute approximate surface area is 189 Å². The van der Waals surface area contributed by atoms with Crippen LogP contribution in [0.1, 0.15) is 16.9 Å². The highest BCUT2D eigenvalue weighted by molar-refractivity contribution is 8.18. The zero-order chi connectivity index (χ0) is 22.5. The van der Waals surface area contributed by atoms with Gasteiger partial charge in [-0.05, 0) is 65.4 Å². The Hall–Kier alpha value is -3.65. The number of halogens is 1. The molecule has 1 aromatic heterocycles. The number of rotatable bonds is 6. The second kappa shape index (κ2) is 9.65. The molecule has 0 N–H and O–H groups in total. The van der Waals surface area contributed by atoms with Crippen LogP contribution in [0.25, 0.3) is 6.08 Å². The number of thioether (sulfide) groups is 1. The quantitative estimate of drug-likeness (QED) is 0.303. The minimum Gasteiger partial charge on any atom is -0.467 e. The van der Waals surface area contributed by atoms with Gasteiger partial charge in [-0.25, -0.2) is 4.39 Å². The molecule has 1 saturated heterocycles. The molecule has 1 amide bonds. The maximum atomic E-state index is 13.1. The first kappa shape index (κ1) is 21.6. The Morgan fingerprint density at radius 2 is 1.78 bits per heavy atom. The highest BCUT2D eigenvalue weighted by Crippen LogP contribution is 2.34. The molecule has 0 saturated carbocycles. The van der Waals surface area contributed by atoms with Gasteiger partial charge in [-0.15, -0.1) is 5.10 Å². The lowest BCUT2D eigenvalue weighted by molar-refractivity contribution is -0.122. The molecule has 2 heterocycles. The molecule has 0 atom stereocenters. The Kier molecular flexibility index (Phi) is 6.51. The molecule has 1 fully saturated rings. The number of benzene rings is 2. The van der Waals surface area contributed by atoms with Crippen molar-refractivity contribution in [2.75, 3.05) is 19.0 Å². The third-order valence-corrected chi connectivity index (χ3v) is 5.71. The lowest BCUT2D eigenvalue weighted by atomic mass is 10.2. The first-order valence-corrected chi connectivity index (χ1v) is 10.7. The minimum atomic E-state index is -0.316. The van der Waals surface area contributed by atoms with E-state index in [0.29, 0.717) is 21.4 Å². The maximum absolute atomic E-state index is 13.1. The molecule has 8 heteroatoms. The Balaban J connectivity index is 1.59. The topological polar surface area (TPSA) is 61.4 Å². The zero-order valence-electron chi connectivity index (χ0n) is 17.6. The second-order valence-electron chi connectivity index (χ2n) is 7.25. The van der Waals surface area contributed by atoms with Crippen molar-refractivity contribution >= 4 is 40.8 Å². The van der Waals surface area contributed by atoms with Crippen LogP contribution in [0.4, 0.5) is 10.1 Å². The molecule has 0 spiro atoms. The number of furan rings is 1. The highest BCUT2D eigenvalue weighted by Gasteiger charge is 2.34. The van der Waals surface area contributed by atoms with Crippen molar-refractivity contribution < 1.29 is 13.6 Å². The van der Waals surface area contributed by atoms with Crippen LogP contribution in [0.3, 0.4) is 0 Å². The largest absolute Gasteiger partial charge is 0.467 e. The van der Waals surface area contributed by atoms with E-state index in [0.717, 1.165) is 11.3 Å². The van der Waals surface area contributed by atoms with Crippen molar-refractivity contribution in [2.45, 2.75) is 6.54 Å². The van der Waals surface area contributed by atoms with Crippen LogP contribution in [0, 0.1) is 5.82 Å². The third kappa shape index (κ3) is 5.15. The molecule has 1 aliphatic rings. The van der Waals surface area contributed by atoms with Crippen LogP contribution in [0.5, 0.6) is 0 Å². The summed E-state index contributed by atoms with van der Waals surface area (Å²) in [6.07, 6.45) is 4.92. The Morgan fingerprint density at radius 3 is 2.44 bits per heavy atom. The molecule has 6 nitrogen and oxygen atoms in total. The van der Waals surface area contributed by atoms with Crippen LogP contribution in [-0.2, 0) is 11.3 Å². The van der Waals surface area contributed by atoms with Gasteiger partial charge in [-0.2, -0.15) is 5.10 Å².